The smallest absolute Gasteiger partial charge is 0.203 e. The molecule has 0 aliphatic carbocycles. The minimum Gasteiger partial charge on any atom is -0.493 e. The topological polar surface area (TPSA) is 83.2 Å². The van der Waals surface area contributed by atoms with Gasteiger partial charge in [-0.2, -0.15) is 0 Å². The fourth-order valence-electron chi connectivity index (χ4n) is 1.36. The van der Waals surface area contributed by atoms with Crippen LogP contribution in [0.15, 0.2) is 16.6 Å². The molecule has 0 unspecified atom stereocenters. The van der Waals surface area contributed by atoms with E-state index in [-0.39, 0.29) is 0 Å². The zero-order chi connectivity index (χ0) is 13.0. The van der Waals surface area contributed by atoms with Crippen molar-refractivity contribution < 1.29 is 9.47 Å². The molecule has 96 valence electrons. The fraction of sp³-hybridized carbons (Fsp3) is 0.300. The number of aromatic nitrogens is 3. The van der Waals surface area contributed by atoms with Crippen molar-refractivity contribution in [2.45, 2.75) is 10.1 Å². The molecule has 0 atom stereocenters. The van der Waals surface area contributed by atoms with Gasteiger partial charge in [-0.3, -0.25) is 4.98 Å². The highest BCUT2D eigenvalue weighted by molar-refractivity contribution is 8.00. The van der Waals surface area contributed by atoms with Crippen molar-refractivity contribution >= 4 is 28.2 Å². The number of pyridine rings is 1. The Morgan fingerprint density at radius 1 is 1.33 bits per heavy atom. The van der Waals surface area contributed by atoms with Crippen LogP contribution in [0.4, 0.5) is 5.13 Å². The average molecular weight is 284 g/mol. The van der Waals surface area contributed by atoms with Crippen molar-refractivity contribution in [3.8, 4) is 11.5 Å². The summed E-state index contributed by atoms with van der Waals surface area (Å²) in [6.07, 6.45) is 1.69. The van der Waals surface area contributed by atoms with Crippen LogP contribution in [-0.2, 0) is 5.75 Å². The Morgan fingerprint density at radius 3 is 2.78 bits per heavy atom. The number of nitrogens with zero attached hydrogens (tertiary/aromatic N) is 3. The van der Waals surface area contributed by atoms with E-state index in [0.717, 1.165) is 10.0 Å². The summed E-state index contributed by atoms with van der Waals surface area (Å²) in [5, 5.41) is 8.15. The number of anilines is 1. The summed E-state index contributed by atoms with van der Waals surface area (Å²) >= 11 is 2.86. The van der Waals surface area contributed by atoms with Gasteiger partial charge >= 0.3 is 0 Å². The molecule has 0 aromatic carbocycles. The summed E-state index contributed by atoms with van der Waals surface area (Å²) in [6.45, 7) is 0. The number of rotatable bonds is 5. The molecule has 0 radical (unpaired) electrons. The predicted octanol–water partition coefficient (Wildman–Crippen LogP) is 1.82. The number of hydrogen-bond donors (Lipinski definition) is 1. The third-order valence-corrected chi connectivity index (χ3v) is 4.02. The average Bonchev–Trinajstić information content (AvgIpc) is 2.81. The summed E-state index contributed by atoms with van der Waals surface area (Å²) in [5.74, 6) is 1.93. The molecule has 2 heterocycles. The Kier molecular flexibility index (Phi) is 4.21. The number of nitrogens with two attached hydrogens (primary N) is 1. The standard InChI is InChI=1S/C10H12N4O2S2/c1-15-7-3-4-12-6(8(7)16-2)5-17-10-14-13-9(11)18-10/h3-4H,5H2,1-2H3,(H2,11,13). The molecule has 0 fully saturated rings. The first-order valence-corrected chi connectivity index (χ1v) is 6.82. The number of hydrogen-bond acceptors (Lipinski definition) is 8. The molecule has 0 aliphatic rings. The number of methoxy groups -OCH3 is 2. The molecule has 18 heavy (non-hydrogen) atoms. The van der Waals surface area contributed by atoms with E-state index >= 15 is 0 Å². The van der Waals surface area contributed by atoms with Crippen molar-refractivity contribution in [3.05, 3.63) is 18.0 Å². The molecule has 2 rings (SSSR count). The van der Waals surface area contributed by atoms with Gasteiger partial charge in [0.15, 0.2) is 15.8 Å². The zero-order valence-electron chi connectivity index (χ0n) is 9.91. The summed E-state index contributed by atoms with van der Waals surface area (Å²) in [7, 11) is 3.19. The lowest BCUT2D eigenvalue weighted by molar-refractivity contribution is 0.350. The highest BCUT2D eigenvalue weighted by Gasteiger charge is 2.12. The Balaban J connectivity index is 2.13. The molecule has 0 saturated heterocycles. The second kappa shape index (κ2) is 5.87. The van der Waals surface area contributed by atoms with Crippen molar-refractivity contribution in [2.75, 3.05) is 20.0 Å². The van der Waals surface area contributed by atoms with E-state index in [2.05, 4.69) is 15.2 Å². The van der Waals surface area contributed by atoms with Crippen LogP contribution in [0.3, 0.4) is 0 Å². The van der Waals surface area contributed by atoms with Gasteiger partial charge in [0, 0.05) is 18.0 Å². The molecular weight excluding hydrogens is 272 g/mol. The lowest BCUT2D eigenvalue weighted by Crippen LogP contribution is -1.97. The van der Waals surface area contributed by atoms with Crippen molar-refractivity contribution in [2.24, 2.45) is 0 Å². The molecule has 0 saturated carbocycles. The lowest BCUT2D eigenvalue weighted by atomic mass is 10.3. The molecule has 0 amide bonds. The van der Waals surface area contributed by atoms with Gasteiger partial charge in [-0.05, 0) is 0 Å². The molecular formula is C10H12N4O2S2. The van der Waals surface area contributed by atoms with Gasteiger partial charge in [0.25, 0.3) is 0 Å². The minimum absolute atomic E-state index is 0.461. The maximum atomic E-state index is 5.52. The molecule has 2 N–H and O–H groups in total. The first-order chi connectivity index (χ1) is 8.74. The summed E-state index contributed by atoms with van der Waals surface area (Å²) in [4.78, 5) is 4.28. The Bertz CT molecular complexity index is 532. The Hall–Kier alpha value is -1.54. The van der Waals surface area contributed by atoms with Crippen molar-refractivity contribution in [1.82, 2.24) is 15.2 Å². The van der Waals surface area contributed by atoms with Crippen LogP contribution in [0.5, 0.6) is 11.5 Å². The Labute approximate surface area is 113 Å². The van der Waals surface area contributed by atoms with Gasteiger partial charge in [0.05, 0.1) is 19.9 Å². The SMILES string of the molecule is COc1ccnc(CSc2nnc(N)s2)c1OC. The maximum Gasteiger partial charge on any atom is 0.203 e. The third kappa shape index (κ3) is 2.82. The molecule has 0 bridgehead atoms. The minimum atomic E-state index is 0.461. The molecule has 8 heteroatoms. The normalized spacial score (nSPS) is 10.3. The van der Waals surface area contributed by atoms with E-state index in [0.29, 0.717) is 22.4 Å². The monoisotopic (exact) mass is 284 g/mol. The van der Waals surface area contributed by atoms with Gasteiger partial charge in [-0.1, -0.05) is 23.1 Å². The summed E-state index contributed by atoms with van der Waals surface area (Å²) in [5.41, 5.74) is 6.32. The Morgan fingerprint density at radius 2 is 2.17 bits per heavy atom. The van der Waals surface area contributed by atoms with Gasteiger partial charge in [0.2, 0.25) is 5.13 Å². The van der Waals surface area contributed by atoms with Crippen LogP contribution in [0.25, 0.3) is 0 Å². The van der Waals surface area contributed by atoms with E-state index in [1.165, 1.54) is 23.1 Å². The highest BCUT2D eigenvalue weighted by atomic mass is 32.2. The van der Waals surface area contributed by atoms with Gasteiger partial charge in [0.1, 0.15) is 0 Å². The number of thioether (sulfide) groups is 1. The van der Waals surface area contributed by atoms with Crippen molar-refractivity contribution in [3.63, 3.8) is 0 Å². The highest BCUT2D eigenvalue weighted by Crippen LogP contribution is 2.34. The largest absolute Gasteiger partial charge is 0.493 e. The second-order valence-electron chi connectivity index (χ2n) is 3.19. The van der Waals surface area contributed by atoms with Gasteiger partial charge < -0.3 is 15.2 Å². The molecule has 6 nitrogen and oxygen atoms in total. The lowest BCUT2D eigenvalue weighted by Gasteiger charge is -2.10. The predicted molar refractivity (Wildman–Crippen MR) is 71.2 cm³/mol. The maximum absolute atomic E-state index is 5.52. The van der Waals surface area contributed by atoms with Crippen LogP contribution in [0.1, 0.15) is 5.69 Å². The molecule has 2 aromatic rings. The summed E-state index contributed by atoms with van der Waals surface area (Å²) < 4.78 is 11.3. The van der Waals surface area contributed by atoms with Crippen LogP contribution < -0.4 is 15.2 Å². The van der Waals surface area contributed by atoms with Crippen LogP contribution in [-0.4, -0.2) is 29.4 Å². The van der Waals surface area contributed by atoms with Crippen LogP contribution >= 0.6 is 23.1 Å². The molecule has 0 spiro atoms. The zero-order valence-corrected chi connectivity index (χ0v) is 11.5. The summed E-state index contributed by atoms with van der Waals surface area (Å²) in [6, 6.07) is 1.76. The van der Waals surface area contributed by atoms with Crippen molar-refractivity contribution in [1.29, 1.82) is 0 Å². The van der Waals surface area contributed by atoms with Gasteiger partial charge in [-0.15, -0.1) is 10.2 Å². The van der Waals surface area contributed by atoms with E-state index < -0.39 is 0 Å². The van der Waals surface area contributed by atoms with Crippen LogP contribution in [0.2, 0.25) is 0 Å². The number of ether oxygens (including phenoxy) is 2. The van der Waals surface area contributed by atoms with Gasteiger partial charge in [-0.25, -0.2) is 0 Å². The first kappa shape index (κ1) is 12.9. The molecule has 2 aromatic heterocycles. The fourth-order valence-corrected chi connectivity index (χ4v) is 2.94. The van der Waals surface area contributed by atoms with E-state index in [4.69, 9.17) is 15.2 Å². The molecule has 0 aliphatic heterocycles. The van der Waals surface area contributed by atoms with E-state index in [1.54, 1.807) is 26.5 Å². The first-order valence-electron chi connectivity index (χ1n) is 5.02. The number of nitrogen functional groups attached to an aromatic ring is 1. The third-order valence-electron chi connectivity index (χ3n) is 2.12. The van der Waals surface area contributed by atoms with Crippen LogP contribution in [0, 0.1) is 0 Å². The van der Waals surface area contributed by atoms with E-state index in [9.17, 15) is 0 Å². The quantitative estimate of drug-likeness (QED) is 0.838. The van der Waals surface area contributed by atoms with E-state index in [1.807, 2.05) is 0 Å². The second-order valence-corrected chi connectivity index (χ2v) is 5.42.